The van der Waals surface area contributed by atoms with Crippen molar-refractivity contribution in [3.8, 4) is 0 Å². The number of imidazole rings is 1. The molecule has 0 bridgehead atoms. The number of aliphatic hydroxyl groups is 1. The van der Waals surface area contributed by atoms with Gasteiger partial charge in [0.15, 0.2) is 6.10 Å². The van der Waals surface area contributed by atoms with Crippen molar-refractivity contribution >= 4 is 0 Å². The van der Waals surface area contributed by atoms with E-state index in [1.165, 1.54) is 6.20 Å². The van der Waals surface area contributed by atoms with Gasteiger partial charge in [-0.3, -0.25) is 4.98 Å². The van der Waals surface area contributed by atoms with E-state index in [-0.39, 0.29) is 5.69 Å². The van der Waals surface area contributed by atoms with Gasteiger partial charge in [-0.05, 0) is 12.1 Å². The Bertz CT molecular complexity index is 533. The van der Waals surface area contributed by atoms with Gasteiger partial charge < -0.3 is 9.67 Å². The van der Waals surface area contributed by atoms with E-state index in [0.29, 0.717) is 12.0 Å². The van der Waals surface area contributed by atoms with Gasteiger partial charge in [0.2, 0.25) is 0 Å². The summed E-state index contributed by atoms with van der Waals surface area (Å²) in [4.78, 5) is 7.53. The van der Waals surface area contributed by atoms with Gasteiger partial charge in [0, 0.05) is 25.6 Å². The normalized spacial score (nSPS) is 13.6. The lowest BCUT2D eigenvalue weighted by Gasteiger charge is -2.11. The highest BCUT2D eigenvalue weighted by molar-refractivity contribution is 5.21. The van der Waals surface area contributed by atoms with Crippen LogP contribution in [0.5, 0.6) is 0 Å². The molecule has 0 aliphatic heterocycles. The molecule has 1 unspecified atom stereocenters. The number of halogens is 3. The van der Waals surface area contributed by atoms with Gasteiger partial charge >= 0.3 is 6.18 Å². The number of rotatable bonds is 2. The van der Waals surface area contributed by atoms with Gasteiger partial charge in [-0.1, -0.05) is 0 Å². The van der Waals surface area contributed by atoms with E-state index in [2.05, 4.69) is 9.97 Å². The smallest absolute Gasteiger partial charge is 0.379 e. The summed E-state index contributed by atoms with van der Waals surface area (Å²) in [6.07, 6.45) is -1.76. The maximum atomic E-state index is 12.3. The van der Waals surface area contributed by atoms with E-state index >= 15 is 0 Å². The van der Waals surface area contributed by atoms with Crippen molar-refractivity contribution in [2.24, 2.45) is 7.05 Å². The first kappa shape index (κ1) is 12.6. The SMILES string of the molecule is Cn1ccnc1C(O)c1ccc(C(F)(F)F)cn1. The minimum atomic E-state index is -4.43. The van der Waals surface area contributed by atoms with Crippen LogP contribution >= 0.6 is 0 Å². The zero-order chi connectivity index (χ0) is 13.3. The Balaban J connectivity index is 2.28. The molecule has 18 heavy (non-hydrogen) atoms. The van der Waals surface area contributed by atoms with Crippen molar-refractivity contribution in [2.75, 3.05) is 0 Å². The molecule has 0 aliphatic carbocycles. The van der Waals surface area contributed by atoms with Crippen LogP contribution in [-0.4, -0.2) is 19.6 Å². The largest absolute Gasteiger partial charge is 0.417 e. The highest BCUT2D eigenvalue weighted by Gasteiger charge is 2.31. The lowest BCUT2D eigenvalue weighted by molar-refractivity contribution is -0.137. The summed E-state index contributed by atoms with van der Waals surface area (Å²) in [7, 11) is 1.68. The summed E-state index contributed by atoms with van der Waals surface area (Å²) in [6, 6.07) is 2.02. The number of nitrogens with zero attached hydrogens (tertiary/aromatic N) is 3. The summed E-state index contributed by atoms with van der Waals surface area (Å²) in [6.45, 7) is 0. The van der Waals surface area contributed by atoms with Crippen LogP contribution < -0.4 is 0 Å². The number of hydrogen-bond acceptors (Lipinski definition) is 3. The van der Waals surface area contributed by atoms with Crippen LogP contribution in [-0.2, 0) is 13.2 Å². The monoisotopic (exact) mass is 257 g/mol. The van der Waals surface area contributed by atoms with Crippen LogP contribution in [0.1, 0.15) is 23.2 Å². The summed E-state index contributed by atoms with van der Waals surface area (Å²) in [5.74, 6) is 0.322. The number of hydrogen-bond donors (Lipinski definition) is 1. The van der Waals surface area contributed by atoms with Gasteiger partial charge in [0.1, 0.15) is 5.82 Å². The third-order valence-corrected chi connectivity index (χ3v) is 2.50. The fraction of sp³-hybridized carbons (Fsp3) is 0.273. The molecule has 2 rings (SSSR count). The number of aliphatic hydroxyl groups excluding tert-OH is 1. The Morgan fingerprint density at radius 3 is 2.44 bits per heavy atom. The Morgan fingerprint density at radius 2 is 2.00 bits per heavy atom. The van der Waals surface area contributed by atoms with Crippen LogP contribution in [0.15, 0.2) is 30.7 Å². The number of pyridine rings is 1. The molecule has 2 aromatic rings. The highest BCUT2D eigenvalue weighted by atomic mass is 19.4. The second-order valence-electron chi connectivity index (χ2n) is 3.77. The zero-order valence-corrected chi connectivity index (χ0v) is 9.39. The van der Waals surface area contributed by atoms with Gasteiger partial charge in [-0.15, -0.1) is 0 Å². The van der Waals surface area contributed by atoms with Gasteiger partial charge in [-0.25, -0.2) is 4.98 Å². The molecule has 0 aromatic carbocycles. The minimum absolute atomic E-state index is 0.123. The van der Waals surface area contributed by atoms with E-state index in [0.717, 1.165) is 12.1 Å². The van der Waals surface area contributed by atoms with Crippen molar-refractivity contribution in [3.05, 3.63) is 47.8 Å². The highest BCUT2D eigenvalue weighted by Crippen LogP contribution is 2.29. The third kappa shape index (κ3) is 2.35. The van der Waals surface area contributed by atoms with Gasteiger partial charge in [0.25, 0.3) is 0 Å². The van der Waals surface area contributed by atoms with Crippen molar-refractivity contribution < 1.29 is 18.3 Å². The van der Waals surface area contributed by atoms with E-state index in [4.69, 9.17) is 0 Å². The lowest BCUT2D eigenvalue weighted by Crippen LogP contribution is -2.10. The number of aromatic nitrogens is 3. The molecule has 0 saturated heterocycles. The van der Waals surface area contributed by atoms with Gasteiger partial charge in [0.05, 0.1) is 11.3 Å². The van der Waals surface area contributed by atoms with Crippen LogP contribution in [0.4, 0.5) is 13.2 Å². The maximum Gasteiger partial charge on any atom is 0.417 e. The molecule has 96 valence electrons. The van der Waals surface area contributed by atoms with Crippen LogP contribution in [0.3, 0.4) is 0 Å². The molecule has 1 atom stereocenters. The Labute approximate surface area is 101 Å². The molecule has 2 heterocycles. The first-order valence-corrected chi connectivity index (χ1v) is 5.08. The van der Waals surface area contributed by atoms with Gasteiger partial charge in [-0.2, -0.15) is 13.2 Å². The van der Waals surface area contributed by atoms with E-state index in [1.807, 2.05) is 0 Å². The average Bonchev–Trinajstić information content (AvgIpc) is 2.73. The van der Waals surface area contributed by atoms with Crippen LogP contribution in [0.2, 0.25) is 0 Å². The standard InChI is InChI=1S/C11H10F3N3O/c1-17-5-4-15-10(17)9(18)8-3-2-7(6-16-8)11(12,13)14/h2-6,9,18H,1H3. The third-order valence-electron chi connectivity index (χ3n) is 2.50. The summed E-state index contributed by atoms with van der Waals surface area (Å²) < 4.78 is 38.6. The average molecular weight is 257 g/mol. The second kappa shape index (κ2) is 4.41. The number of aryl methyl sites for hydroxylation is 1. The number of alkyl halides is 3. The molecule has 4 nitrogen and oxygen atoms in total. The molecule has 0 fully saturated rings. The fourth-order valence-corrected chi connectivity index (χ4v) is 1.51. The van der Waals surface area contributed by atoms with Crippen molar-refractivity contribution in [1.82, 2.24) is 14.5 Å². The first-order chi connectivity index (χ1) is 8.39. The molecule has 0 saturated carbocycles. The van der Waals surface area contributed by atoms with Crippen molar-refractivity contribution in [3.63, 3.8) is 0 Å². The lowest BCUT2D eigenvalue weighted by atomic mass is 10.2. The van der Waals surface area contributed by atoms with E-state index in [9.17, 15) is 18.3 Å². The van der Waals surface area contributed by atoms with Crippen molar-refractivity contribution in [1.29, 1.82) is 0 Å². The topological polar surface area (TPSA) is 50.9 Å². The molecule has 0 radical (unpaired) electrons. The Hall–Kier alpha value is -1.89. The molecule has 0 aliphatic rings. The quantitative estimate of drug-likeness (QED) is 0.894. The predicted octanol–water partition coefficient (Wildman–Crippen LogP) is 1.92. The molecule has 2 aromatic heterocycles. The molecule has 0 spiro atoms. The van der Waals surface area contributed by atoms with E-state index < -0.39 is 17.8 Å². The van der Waals surface area contributed by atoms with E-state index in [1.54, 1.807) is 17.8 Å². The molecule has 1 N–H and O–H groups in total. The Morgan fingerprint density at radius 1 is 1.28 bits per heavy atom. The predicted molar refractivity (Wildman–Crippen MR) is 56.5 cm³/mol. The molecule has 0 amide bonds. The summed E-state index contributed by atoms with van der Waals surface area (Å²) >= 11 is 0. The second-order valence-corrected chi connectivity index (χ2v) is 3.77. The fourth-order valence-electron chi connectivity index (χ4n) is 1.51. The first-order valence-electron chi connectivity index (χ1n) is 5.08. The minimum Gasteiger partial charge on any atom is -0.379 e. The summed E-state index contributed by atoms with van der Waals surface area (Å²) in [5.41, 5.74) is -0.726. The maximum absolute atomic E-state index is 12.3. The van der Waals surface area contributed by atoms with Crippen molar-refractivity contribution in [2.45, 2.75) is 12.3 Å². The molecular formula is C11H10F3N3O. The summed E-state index contributed by atoms with van der Waals surface area (Å²) in [5, 5.41) is 9.93. The zero-order valence-electron chi connectivity index (χ0n) is 9.39. The molecule has 7 heteroatoms. The van der Waals surface area contributed by atoms with Crippen LogP contribution in [0.25, 0.3) is 0 Å². The molecular weight excluding hydrogens is 247 g/mol. The Kier molecular flexibility index (Phi) is 3.08. The van der Waals surface area contributed by atoms with Crippen LogP contribution in [0, 0.1) is 0 Å².